The summed E-state index contributed by atoms with van der Waals surface area (Å²) in [6.07, 6.45) is 2.59. The molecule has 0 heterocycles. The van der Waals surface area contributed by atoms with Crippen LogP contribution in [-0.4, -0.2) is 37.0 Å². The highest BCUT2D eigenvalue weighted by molar-refractivity contribution is 5.73. The van der Waals surface area contributed by atoms with Crippen LogP contribution < -0.4 is 0 Å². The highest BCUT2D eigenvalue weighted by atomic mass is 16.5. The molecule has 2 atom stereocenters. The summed E-state index contributed by atoms with van der Waals surface area (Å²) >= 11 is 0. The average Bonchev–Trinajstić information content (AvgIpc) is 2.26. The van der Waals surface area contributed by atoms with Crippen LogP contribution in [0.15, 0.2) is 12.7 Å². The van der Waals surface area contributed by atoms with Crippen molar-refractivity contribution in [3.63, 3.8) is 0 Å². The van der Waals surface area contributed by atoms with Gasteiger partial charge in [0.25, 0.3) is 0 Å². The molecule has 0 spiro atoms. The van der Waals surface area contributed by atoms with E-state index in [2.05, 4.69) is 6.58 Å². The third-order valence-corrected chi connectivity index (χ3v) is 2.26. The molecule has 16 heavy (non-hydrogen) atoms. The van der Waals surface area contributed by atoms with E-state index in [1.165, 1.54) is 0 Å². The summed E-state index contributed by atoms with van der Waals surface area (Å²) in [5.41, 5.74) is 0. The van der Waals surface area contributed by atoms with Crippen molar-refractivity contribution < 1.29 is 19.4 Å². The fourth-order valence-electron chi connectivity index (χ4n) is 1.36. The van der Waals surface area contributed by atoms with Gasteiger partial charge in [-0.1, -0.05) is 6.08 Å². The Balaban J connectivity index is 4.16. The predicted molar refractivity (Wildman–Crippen MR) is 62.1 cm³/mol. The van der Waals surface area contributed by atoms with Crippen LogP contribution in [0.4, 0.5) is 0 Å². The molecule has 94 valence electrons. The van der Waals surface area contributed by atoms with Crippen LogP contribution in [0.25, 0.3) is 0 Å². The van der Waals surface area contributed by atoms with Gasteiger partial charge in [0.2, 0.25) is 0 Å². The molecule has 4 nitrogen and oxygen atoms in total. The normalized spacial score (nSPS) is 14.2. The van der Waals surface area contributed by atoms with Gasteiger partial charge in [-0.3, -0.25) is 4.79 Å². The Morgan fingerprint density at radius 2 is 2.25 bits per heavy atom. The predicted octanol–water partition coefficient (Wildman–Crippen LogP) is 1.53. The first-order chi connectivity index (χ1) is 7.67. The minimum Gasteiger partial charge on any atom is -0.466 e. The lowest BCUT2D eigenvalue weighted by atomic mass is 10.00. The van der Waals surface area contributed by atoms with Gasteiger partial charge in [-0.15, -0.1) is 6.58 Å². The fourth-order valence-corrected chi connectivity index (χ4v) is 1.36. The Bertz CT molecular complexity index is 203. The smallest absolute Gasteiger partial charge is 0.311 e. The minimum absolute atomic E-state index is 0.0955. The molecule has 0 aromatic heterocycles. The van der Waals surface area contributed by atoms with Gasteiger partial charge in [0.15, 0.2) is 0 Å². The highest BCUT2D eigenvalue weighted by Gasteiger charge is 2.25. The van der Waals surface area contributed by atoms with Crippen molar-refractivity contribution in [3.05, 3.63) is 12.7 Å². The van der Waals surface area contributed by atoms with Crippen LogP contribution in [0.1, 0.15) is 26.7 Å². The zero-order valence-corrected chi connectivity index (χ0v) is 10.1. The molecule has 4 heteroatoms. The number of rotatable bonds is 9. The second-order valence-electron chi connectivity index (χ2n) is 3.54. The van der Waals surface area contributed by atoms with E-state index in [0.29, 0.717) is 26.1 Å². The van der Waals surface area contributed by atoms with Gasteiger partial charge < -0.3 is 14.6 Å². The number of hydrogen-bond acceptors (Lipinski definition) is 4. The Kier molecular flexibility index (Phi) is 8.85. The maximum atomic E-state index is 11.6. The quantitative estimate of drug-likeness (QED) is 0.371. The Hall–Kier alpha value is -0.870. The van der Waals surface area contributed by atoms with Crippen LogP contribution in [0.3, 0.4) is 0 Å². The molecule has 0 aliphatic carbocycles. The summed E-state index contributed by atoms with van der Waals surface area (Å²) in [6, 6.07) is 0. The number of aliphatic hydroxyl groups is 1. The molecule has 0 fully saturated rings. The molecule has 0 aromatic rings. The molecule has 0 aliphatic heterocycles. The molecule has 0 saturated carbocycles. The first-order valence-electron chi connectivity index (χ1n) is 5.67. The van der Waals surface area contributed by atoms with Crippen molar-refractivity contribution in [2.45, 2.75) is 32.8 Å². The Labute approximate surface area is 97.2 Å². The van der Waals surface area contributed by atoms with Crippen molar-refractivity contribution >= 4 is 5.97 Å². The number of hydrogen-bond donors (Lipinski definition) is 1. The summed E-state index contributed by atoms with van der Waals surface area (Å²) in [5, 5.41) is 8.63. The number of carbonyl (C=O) groups is 1. The lowest BCUT2D eigenvalue weighted by Crippen LogP contribution is -2.30. The molecule has 0 radical (unpaired) electrons. The lowest BCUT2D eigenvalue weighted by Gasteiger charge is -2.21. The summed E-state index contributed by atoms with van der Waals surface area (Å²) < 4.78 is 10.4. The van der Waals surface area contributed by atoms with Gasteiger partial charge in [-0.2, -0.15) is 0 Å². The second-order valence-corrected chi connectivity index (χ2v) is 3.54. The van der Waals surface area contributed by atoms with E-state index in [0.717, 1.165) is 0 Å². The standard InChI is InChI=1S/C12H22O4/c1-4-7-11(12(14)15-5-2)10(3)16-9-6-8-13/h4,10-11,13H,1,5-9H2,2-3H3. The van der Waals surface area contributed by atoms with Crippen molar-refractivity contribution in [1.82, 2.24) is 0 Å². The summed E-state index contributed by atoms with van der Waals surface area (Å²) in [4.78, 5) is 11.6. The van der Waals surface area contributed by atoms with Crippen LogP contribution >= 0.6 is 0 Å². The summed E-state index contributed by atoms with van der Waals surface area (Å²) in [7, 11) is 0. The molecule has 0 aromatic carbocycles. The molecular weight excluding hydrogens is 208 g/mol. The number of ether oxygens (including phenoxy) is 2. The first kappa shape index (κ1) is 15.1. The van der Waals surface area contributed by atoms with Gasteiger partial charge in [-0.25, -0.2) is 0 Å². The molecule has 0 saturated heterocycles. The average molecular weight is 230 g/mol. The SMILES string of the molecule is C=CCC(C(=O)OCC)C(C)OCCCO. The first-order valence-corrected chi connectivity index (χ1v) is 5.67. The number of carbonyl (C=O) groups excluding carboxylic acids is 1. The van der Waals surface area contributed by atoms with Crippen LogP contribution in [0, 0.1) is 5.92 Å². The Morgan fingerprint density at radius 3 is 2.75 bits per heavy atom. The summed E-state index contributed by atoms with van der Waals surface area (Å²) in [6.45, 7) is 8.15. The number of allylic oxidation sites excluding steroid dienone is 1. The zero-order valence-electron chi connectivity index (χ0n) is 10.1. The molecule has 0 aliphatic rings. The monoisotopic (exact) mass is 230 g/mol. The highest BCUT2D eigenvalue weighted by Crippen LogP contribution is 2.15. The van der Waals surface area contributed by atoms with E-state index in [1.54, 1.807) is 13.0 Å². The summed E-state index contributed by atoms with van der Waals surface area (Å²) in [5.74, 6) is -0.560. The van der Waals surface area contributed by atoms with E-state index in [1.807, 2.05) is 6.92 Å². The Morgan fingerprint density at radius 1 is 1.56 bits per heavy atom. The largest absolute Gasteiger partial charge is 0.466 e. The van der Waals surface area contributed by atoms with Gasteiger partial charge in [0.05, 0.1) is 18.6 Å². The molecule has 0 rings (SSSR count). The maximum absolute atomic E-state index is 11.6. The topological polar surface area (TPSA) is 55.8 Å². The number of esters is 1. The van der Waals surface area contributed by atoms with E-state index < -0.39 is 0 Å². The minimum atomic E-state index is -0.309. The molecule has 2 unspecified atom stereocenters. The van der Waals surface area contributed by atoms with Crippen molar-refractivity contribution in [1.29, 1.82) is 0 Å². The zero-order chi connectivity index (χ0) is 12.4. The van der Waals surface area contributed by atoms with Crippen molar-refractivity contribution in [2.75, 3.05) is 19.8 Å². The van der Waals surface area contributed by atoms with Crippen LogP contribution in [-0.2, 0) is 14.3 Å². The van der Waals surface area contributed by atoms with Crippen LogP contribution in [0.2, 0.25) is 0 Å². The van der Waals surface area contributed by atoms with Gasteiger partial charge >= 0.3 is 5.97 Å². The van der Waals surface area contributed by atoms with E-state index in [4.69, 9.17) is 14.6 Å². The van der Waals surface area contributed by atoms with Crippen molar-refractivity contribution in [2.24, 2.45) is 5.92 Å². The van der Waals surface area contributed by atoms with Gasteiger partial charge in [0.1, 0.15) is 0 Å². The van der Waals surface area contributed by atoms with Gasteiger partial charge in [0, 0.05) is 13.2 Å². The van der Waals surface area contributed by atoms with Gasteiger partial charge in [-0.05, 0) is 26.7 Å². The second kappa shape index (κ2) is 9.36. The fraction of sp³-hybridized carbons (Fsp3) is 0.750. The maximum Gasteiger partial charge on any atom is 0.311 e. The van der Waals surface area contributed by atoms with E-state index in [-0.39, 0.29) is 24.6 Å². The lowest BCUT2D eigenvalue weighted by molar-refractivity contribution is -0.153. The van der Waals surface area contributed by atoms with Crippen molar-refractivity contribution in [3.8, 4) is 0 Å². The third-order valence-electron chi connectivity index (χ3n) is 2.26. The van der Waals surface area contributed by atoms with Crippen LogP contribution in [0.5, 0.6) is 0 Å². The van der Waals surface area contributed by atoms with E-state index >= 15 is 0 Å². The third kappa shape index (κ3) is 5.88. The number of aliphatic hydroxyl groups excluding tert-OH is 1. The molecular formula is C12H22O4. The molecule has 1 N–H and O–H groups in total. The molecule has 0 amide bonds. The van der Waals surface area contributed by atoms with E-state index in [9.17, 15) is 4.79 Å². The molecule has 0 bridgehead atoms.